The van der Waals surface area contributed by atoms with Crippen molar-refractivity contribution in [3.05, 3.63) is 71.3 Å². The van der Waals surface area contributed by atoms with E-state index in [1.807, 2.05) is 0 Å². The van der Waals surface area contributed by atoms with Gasteiger partial charge in [0.1, 0.15) is 17.9 Å². The van der Waals surface area contributed by atoms with E-state index < -0.39 is 28.0 Å². The number of carbonyl (C=O) groups excluding carboxylic acids is 2. The molecule has 2 aromatic rings. The Morgan fingerprint density at radius 3 is 2.38 bits per heavy atom. The summed E-state index contributed by atoms with van der Waals surface area (Å²) < 4.78 is 28.5. The Balaban J connectivity index is 1.69. The number of hydrogen-bond acceptors (Lipinski definition) is 6. The molecule has 0 bridgehead atoms. The van der Waals surface area contributed by atoms with Crippen LogP contribution in [0.1, 0.15) is 42.4 Å². The van der Waals surface area contributed by atoms with E-state index in [-0.39, 0.29) is 43.0 Å². The van der Waals surface area contributed by atoms with Crippen LogP contribution in [0.15, 0.2) is 59.6 Å². The Morgan fingerprint density at radius 2 is 1.74 bits per heavy atom. The molecule has 1 fully saturated rings. The lowest BCUT2D eigenvalue weighted by Gasteiger charge is -2.28. The smallest absolute Gasteiger partial charge is 0.243 e. The highest BCUT2D eigenvalue weighted by Crippen LogP contribution is 2.21. The van der Waals surface area contributed by atoms with Gasteiger partial charge in [-0.25, -0.2) is 13.1 Å². The summed E-state index contributed by atoms with van der Waals surface area (Å²) in [5.74, 6) is -1.19. The van der Waals surface area contributed by atoms with Crippen LogP contribution in [-0.4, -0.2) is 62.1 Å². The van der Waals surface area contributed by atoms with Crippen LogP contribution < -0.4 is 27.2 Å². The lowest BCUT2D eigenvalue weighted by molar-refractivity contribution is -0.139. The molecular formula is C26H36N8O4S. The van der Waals surface area contributed by atoms with Gasteiger partial charge >= 0.3 is 0 Å². The van der Waals surface area contributed by atoms with Gasteiger partial charge in [-0.2, -0.15) is 0 Å². The SMILES string of the molecule is N=C(N)c1ccc(CNC(=O)[C@H]2CCCN2C(=O)[C@@H](CCCN=C(N)N)NS(=O)(=O)Cc2ccccc2)cc1. The number of aliphatic imine (C=N–C) groups is 1. The number of guanidine groups is 1. The molecule has 13 heteroatoms. The molecule has 0 radical (unpaired) electrons. The minimum absolute atomic E-state index is 0.0436. The standard InChI is InChI=1S/C26H36N8O4S/c27-23(28)20-12-10-18(11-13-20)16-32-24(35)22-9-5-15-34(22)25(36)21(8-4-14-31-26(29)30)33-39(37,38)17-19-6-2-1-3-7-19/h1-3,6-7,10-13,21-22,33H,4-5,8-9,14-17H2,(H3,27,28)(H,32,35)(H4,29,30,31)/t21-,22-/m1/s1. The number of carbonyl (C=O) groups is 2. The average Bonchev–Trinajstić information content (AvgIpc) is 3.39. The van der Waals surface area contributed by atoms with Gasteiger partial charge in [-0.1, -0.05) is 54.6 Å². The summed E-state index contributed by atoms with van der Waals surface area (Å²) in [7, 11) is -3.86. The molecule has 12 nitrogen and oxygen atoms in total. The molecule has 210 valence electrons. The van der Waals surface area contributed by atoms with Crippen molar-refractivity contribution in [2.24, 2.45) is 22.2 Å². The van der Waals surface area contributed by atoms with E-state index >= 15 is 0 Å². The lowest BCUT2D eigenvalue weighted by atomic mass is 10.1. The van der Waals surface area contributed by atoms with Crippen molar-refractivity contribution in [3.8, 4) is 0 Å². The van der Waals surface area contributed by atoms with Crippen molar-refractivity contribution in [1.82, 2.24) is 14.9 Å². The molecule has 1 aliphatic rings. The molecule has 0 aromatic heterocycles. The molecule has 2 atom stereocenters. The van der Waals surface area contributed by atoms with E-state index in [2.05, 4.69) is 15.0 Å². The van der Waals surface area contributed by atoms with Crippen LogP contribution in [-0.2, 0) is 31.9 Å². The fourth-order valence-corrected chi connectivity index (χ4v) is 5.77. The first-order valence-electron chi connectivity index (χ1n) is 12.7. The van der Waals surface area contributed by atoms with Crippen molar-refractivity contribution in [1.29, 1.82) is 5.41 Å². The maximum atomic E-state index is 13.6. The second-order valence-corrected chi connectivity index (χ2v) is 11.1. The highest BCUT2D eigenvalue weighted by Gasteiger charge is 2.38. The summed E-state index contributed by atoms with van der Waals surface area (Å²) in [5, 5.41) is 10.3. The van der Waals surface area contributed by atoms with Gasteiger partial charge in [-0.3, -0.25) is 20.0 Å². The second kappa shape index (κ2) is 13.7. The van der Waals surface area contributed by atoms with Crippen LogP contribution in [0.3, 0.4) is 0 Å². The summed E-state index contributed by atoms with van der Waals surface area (Å²) in [6.45, 7) is 0.815. The highest BCUT2D eigenvalue weighted by molar-refractivity contribution is 7.88. The molecule has 1 saturated heterocycles. The predicted octanol–water partition coefficient (Wildman–Crippen LogP) is 0.120. The first kappa shape index (κ1) is 29.6. The molecule has 0 unspecified atom stereocenters. The number of nitrogens with one attached hydrogen (secondary N) is 3. The van der Waals surface area contributed by atoms with Crippen LogP contribution in [0.25, 0.3) is 0 Å². The van der Waals surface area contributed by atoms with Crippen molar-refractivity contribution in [2.75, 3.05) is 13.1 Å². The molecule has 0 aliphatic carbocycles. The number of amidine groups is 1. The van der Waals surface area contributed by atoms with Crippen molar-refractivity contribution >= 4 is 33.6 Å². The largest absolute Gasteiger partial charge is 0.384 e. The molecule has 1 aliphatic heterocycles. The molecule has 0 saturated carbocycles. The molecule has 0 spiro atoms. The summed E-state index contributed by atoms with van der Waals surface area (Å²) in [5.41, 5.74) is 18.2. The van der Waals surface area contributed by atoms with Gasteiger partial charge in [0, 0.05) is 25.2 Å². The quantitative estimate of drug-likeness (QED) is 0.114. The molecule has 39 heavy (non-hydrogen) atoms. The van der Waals surface area contributed by atoms with Gasteiger partial charge in [-0.05, 0) is 36.8 Å². The Morgan fingerprint density at radius 1 is 1.05 bits per heavy atom. The highest BCUT2D eigenvalue weighted by atomic mass is 32.2. The zero-order valence-corrected chi connectivity index (χ0v) is 22.5. The number of benzene rings is 2. The Bertz CT molecular complexity index is 1280. The third kappa shape index (κ3) is 9.07. The summed E-state index contributed by atoms with van der Waals surface area (Å²) >= 11 is 0. The number of likely N-dealkylation sites (tertiary alicyclic amines) is 1. The van der Waals surface area contributed by atoms with Gasteiger partial charge < -0.3 is 27.4 Å². The number of rotatable bonds is 13. The molecular weight excluding hydrogens is 520 g/mol. The summed E-state index contributed by atoms with van der Waals surface area (Å²) in [6, 6.07) is 13.8. The van der Waals surface area contributed by atoms with Crippen molar-refractivity contribution in [2.45, 2.75) is 50.1 Å². The summed E-state index contributed by atoms with van der Waals surface area (Å²) in [4.78, 5) is 32.0. The number of nitrogens with zero attached hydrogens (tertiary/aromatic N) is 2. The van der Waals surface area contributed by atoms with Crippen LogP contribution in [0.2, 0.25) is 0 Å². The van der Waals surface area contributed by atoms with Gasteiger partial charge in [0.2, 0.25) is 21.8 Å². The van der Waals surface area contributed by atoms with Crippen molar-refractivity contribution < 1.29 is 18.0 Å². The van der Waals surface area contributed by atoms with E-state index in [0.717, 1.165) is 5.56 Å². The minimum Gasteiger partial charge on any atom is -0.384 e. The normalized spacial score (nSPS) is 15.9. The fraction of sp³-hybridized carbons (Fsp3) is 0.385. The van der Waals surface area contributed by atoms with E-state index in [4.69, 9.17) is 22.6 Å². The monoisotopic (exact) mass is 556 g/mol. The van der Waals surface area contributed by atoms with Gasteiger partial charge in [0.15, 0.2) is 5.96 Å². The van der Waals surface area contributed by atoms with E-state index in [1.54, 1.807) is 54.6 Å². The molecule has 3 rings (SSSR count). The zero-order chi connectivity index (χ0) is 28.4. The van der Waals surface area contributed by atoms with Crippen LogP contribution in [0.5, 0.6) is 0 Å². The van der Waals surface area contributed by atoms with Crippen molar-refractivity contribution in [3.63, 3.8) is 0 Å². The van der Waals surface area contributed by atoms with Crippen LogP contribution in [0.4, 0.5) is 0 Å². The van der Waals surface area contributed by atoms with E-state index in [9.17, 15) is 18.0 Å². The van der Waals surface area contributed by atoms with Gasteiger partial charge in [0.25, 0.3) is 0 Å². The minimum atomic E-state index is -3.86. The van der Waals surface area contributed by atoms with E-state index in [0.29, 0.717) is 36.9 Å². The maximum Gasteiger partial charge on any atom is 0.243 e. The second-order valence-electron chi connectivity index (χ2n) is 9.38. The fourth-order valence-electron chi connectivity index (χ4n) is 4.40. The average molecular weight is 557 g/mol. The third-order valence-electron chi connectivity index (χ3n) is 6.33. The molecule has 9 N–H and O–H groups in total. The maximum absolute atomic E-state index is 13.6. The van der Waals surface area contributed by atoms with Gasteiger partial charge in [-0.15, -0.1) is 0 Å². The van der Waals surface area contributed by atoms with E-state index in [1.165, 1.54) is 4.90 Å². The number of nitrogens with two attached hydrogens (primary N) is 3. The number of amides is 2. The van der Waals surface area contributed by atoms with Crippen LogP contribution >= 0.6 is 0 Å². The third-order valence-corrected chi connectivity index (χ3v) is 7.69. The van der Waals surface area contributed by atoms with Gasteiger partial charge in [0.05, 0.1) is 5.75 Å². The Hall–Kier alpha value is -3.97. The number of sulfonamides is 1. The Labute approximate surface area is 228 Å². The first-order valence-corrected chi connectivity index (χ1v) is 14.3. The predicted molar refractivity (Wildman–Crippen MR) is 150 cm³/mol. The number of hydrogen-bond donors (Lipinski definition) is 6. The summed E-state index contributed by atoms with van der Waals surface area (Å²) in [6.07, 6.45) is 1.62. The molecule has 1 heterocycles. The zero-order valence-electron chi connectivity index (χ0n) is 21.7. The number of nitrogen functional groups attached to an aromatic ring is 1. The van der Waals surface area contributed by atoms with Crippen LogP contribution in [0, 0.1) is 5.41 Å². The lowest BCUT2D eigenvalue weighted by Crippen LogP contribution is -2.53. The first-order chi connectivity index (χ1) is 18.6. The molecule has 2 amide bonds. The topological polar surface area (TPSA) is 210 Å². The Kier molecular flexibility index (Phi) is 10.4. The molecule has 2 aromatic carbocycles.